The number of hydrogen-bond acceptors (Lipinski definition) is 3. The van der Waals surface area contributed by atoms with E-state index >= 15 is 0 Å². The molecule has 0 aromatic carbocycles. The molecule has 1 saturated heterocycles. The summed E-state index contributed by atoms with van der Waals surface area (Å²) in [5.74, 6) is 0. The standard InChI is InChI=1S/C13H21ClN2O2/c1-4-10-7-13(17,5-6-18-10)12-11(14)8-15-16(12)9(2)3/h8-10,17H,4-7H2,1-3H3. The maximum absolute atomic E-state index is 10.9. The van der Waals surface area contributed by atoms with E-state index in [1.165, 1.54) is 0 Å². The van der Waals surface area contributed by atoms with Crippen LogP contribution in [0.2, 0.25) is 5.02 Å². The van der Waals surface area contributed by atoms with E-state index in [0.29, 0.717) is 24.5 Å². The highest BCUT2D eigenvalue weighted by atomic mass is 35.5. The molecule has 0 aliphatic carbocycles. The molecule has 0 radical (unpaired) electrons. The summed E-state index contributed by atoms with van der Waals surface area (Å²) in [5.41, 5.74) is -0.183. The second-order valence-corrected chi connectivity index (χ2v) is 5.67. The van der Waals surface area contributed by atoms with Gasteiger partial charge in [-0.05, 0) is 20.3 Å². The average molecular weight is 273 g/mol. The van der Waals surface area contributed by atoms with E-state index in [-0.39, 0.29) is 12.1 Å². The molecule has 0 bridgehead atoms. The first-order valence-electron chi connectivity index (χ1n) is 6.55. The smallest absolute Gasteiger partial charge is 0.112 e. The van der Waals surface area contributed by atoms with Crippen LogP contribution in [-0.2, 0) is 10.3 Å². The predicted molar refractivity (Wildman–Crippen MR) is 70.8 cm³/mol. The van der Waals surface area contributed by atoms with Crippen molar-refractivity contribution in [3.63, 3.8) is 0 Å². The third kappa shape index (κ3) is 2.42. The molecule has 4 nitrogen and oxygen atoms in total. The average Bonchev–Trinajstić information content (AvgIpc) is 2.72. The van der Waals surface area contributed by atoms with Gasteiger partial charge in [-0.15, -0.1) is 0 Å². The number of aromatic nitrogens is 2. The minimum absolute atomic E-state index is 0.0929. The molecule has 1 aliphatic rings. The lowest BCUT2D eigenvalue weighted by atomic mass is 9.86. The fourth-order valence-electron chi connectivity index (χ4n) is 2.58. The van der Waals surface area contributed by atoms with Gasteiger partial charge in [0, 0.05) is 18.9 Å². The van der Waals surface area contributed by atoms with Crippen LogP contribution in [0.25, 0.3) is 0 Å². The van der Waals surface area contributed by atoms with Gasteiger partial charge in [0.05, 0.1) is 29.6 Å². The lowest BCUT2D eigenvalue weighted by molar-refractivity contribution is -0.112. The molecule has 102 valence electrons. The van der Waals surface area contributed by atoms with Gasteiger partial charge in [0.2, 0.25) is 0 Å². The van der Waals surface area contributed by atoms with Crippen LogP contribution in [0.5, 0.6) is 0 Å². The zero-order valence-corrected chi connectivity index (χ0v) is 11.9. The Kier molecular flexibility index (Phi) is 3.99. The van der Waals surface area contributed by atoms with Gasteiger partial charge in [0.15, 0.2) is 0 Å². The summed E-state index contributed by atoms with van der Waals surface area (Å²) in [5, 5.41) is 15.7. The Morgan fingerprint density at radius 2 is 2.39 bits per heavy atom. The molecule has 1 aromatic heterocycles. The highest BCUT2D eigenvalue weighted by Crippen LogP contribution is 2.39. The van der Waals surface area contributed by atoms with Crippen LogP contribution in [0.4, 0.5) is 0 Å². The minimum Gasteiger partial charge on any atom is -0.383 e. The van der Waals surface area contributed by atoms with Crippen LogP contribution < -0.4 is 0 Å². The van der Waals surface area contributed by atoms with E-state index in [1.54, 1.807) is 6.20 Å². The van der Waals surface area contributed by atoms with Crippen LogP contribution in [0.1, 0.15) is 51.8 Å². The van der Waals surface area contributed by atoms with Crippen molar-refractivity contribution in [1.82, 2.24) is 9.78 Å². The number of aliphatic hydroxyl groups is 1. The van der Waals surface area contributed by atoms with E-state index < -0.39 is 5.60 Å². The maximum Gasteiger partial charge on any atom is 0.112 e. The Morgan fingerprint density at radius 1 is 1.67 bits per heavy atom. The van der Waals surface area contributed by atoms with Crippen LogP contribution in [0.15, 0.2) is 6.20 Å². The lowest BCUT2D eigenvalue weighted by Crippen LogP contribution is -2.40. The molecule has 1 aromatic rings. The summed E-state index contributed by atoms with van der Waals surface area (Å²) in [6.45, 7) is 6.70. The van der Waals surface area contributed by atoms with Gasteiger partial charge in [0.1, 0.15) is 5.60 Å². The highest BCUT2D eigenvalue weighted by molar-refractivity contribution is 6.31. The second kappa shape index (κ2) is 5.19. The Morgan fingerprint density at radius 3 is 3.00 bits per heavy atom. The summed E-state index contributed by atoms with van der Waals surface area (Å²) in [4.78, 5) is 0. The zero-order valence-electron chi connectivity index (χ0n) is 11.2. The van der Waals surface area contributed by atoms with E-state index in [2.05, 4.69) is 12.0 Å². The van der Waals surface area contributed by atoms with Crippen LogP contribution in [-0.4, -0.2) is 27.6 Å². The summed E-state index contributed by atoms with van der Waals surface area (Å²) < 4.78 is 7.45. The van der Waals surface area contributed by atoms with Crippen molar-refractivity contribution in [2.75, 3.05) is 6.61 Å². The third-order valence-corrected chi connectivity index (χ3v) is 3.85. The summed E-state index contributed by atoms with van der Waals surface area (Å²) in [7, 11) is 0. The zero-order chi connectivity index (χ0) is 13.3. The van der Waals surface area contributed by atoms with Gasteiger partial charge < -0.3 is 9.84 Å². The molecule has 18 heavy (non-hydrogen) atoms. The third-order valence-electron chi connectivity index (χ3n) is 3.57. The maximum atomic E-state index is 10.9. The molecule has 0 amide bonds. The lowest BCUT2D eigenvalue weighted by Gasteiger charge is -2.37. The number of nitrogens with zero attached hydrogens (tertiary/aromatic N) is 2. The first kappa shape index (κ1) is 13.8. The molecular weight excluding hydrogens is 252 g/mol. The Hall–Kier alpha value is -0.580. The topological polar surface area (TPSA) is 47.3 Å². The molecule has 2 unspecified atom stereocenters. The Labute approximate surface area is 113 Å². The van der Waals surface area contributed by atoms with Gasteiger partial charge in [-0.3, -0.25) is 4.68 Å². The van der Waals surface area contributed by atoms with Crippen molar-refractivity contribution < 1.29 is 9.84 Å². The number of halogens is 1. The number of ether oxygens (including phenoxy) is 1. The molecule has 1 N–H and O–H groups in total. The van der Waals surface area contributed by atoms with Gasteiger partial charge in [0.25, 0.3) is 0 Å². The first-order chi connectivity index (χ1) is 8.48. The molecular formula is C13H21ClN2O2. The van der Waals surface area contributed by atoms with Crippen LogP contribution in [0.3, 0.4) is 0 Å². The fourth-order valence-corrected chi connectivity index (χ4v) is 2.88. The molecule has 2 heterocycles. The number of rotatable bonds is 3. The molecule has 0 spiro atoms. The van der Waals surface area contributed by atoms with Crippen molar-refractivity contribution in [3.8, 4) is 0 Å². The van der Waals surface area contributed by atoms with Gasteiger partial charge in [-0.1, -0.05) is 18.5 Å². The minimum atomic E-state index is -0.920. The normalized spacial score (nSPS) is 28.9. The van der Waals surface area contributed by atoms with Gasteiger partial charge >= 0.3 is 0 Å². The largest absolute Gasteiger partial charge is 0.383 e. The van der Waals surface area contributed by atoms with Crippen molar-refractivity contribution in [1.29, 1.82) is 0 Å². The van der Waals surface area contributed by atoms with Crippen molar-refractivity contribution in [2.24, 2.45) is 0 Å². The highest BCUT2D eigenvalue weighted by Gasteiger charge is 2.40. The monoisotopic (exact) mass is 272 g/mol. The van der Waals surface area contributed by atoms with E-state index in [1.807, 2.05) is 18.5 Å². The first-order valence-corrected chi connectivity index (χ1v) is 6.93. The predicted octanol–water partition coefficient (Wildman–Crippen LogP) is 2.89. The van der Waals surface area contributed by atoms with Crippen molar-refractivity contribution in [3.05, 3.63) is 16.9 Å². The molecule has 2 rings (SSSR count). The van der Waals surface area contributed by atoms with Crippen molar-refractivity contribution >= 4 is 11.6 Å². The molecule has 1 fully saturated rings. The molecule has 5 heteroatoms. The van der Waals surface area contributed by atoms with Crippen LogP contribution in [0, 0.1) is 0 Å². The number of hydrogen-bond donors (Lipinski definition) is 1. The van der Waals surface area contributed by atoms with Crippen LogP contribution >= 0.6 is 11.6 Å². The van der Waals surface area contributed by atoms with Gasteiger partial charge in [-0.25, -0.2) is 0 Å². The van der Waals surface area contributed by atoms with Crippen molar-refractivity contribution in [2.45, 2.75) is 57.8 Å². The van der Waals surface area contributed by atoms with E-state index in [4.69, 9.17) is 16.3 Å². The SMILES string of the molecule is CCC1CC(O)(c2c(Cl)cnn2C(C)C)CCO1. The molecule has 2 atom stereocenters. The summed E-state index contributed by atoms with van der Waals surface area (Å²) >= 11 is 6.22. The summed E-state index contributed by atoms with van der Waals surface area (Å²) in [6.07, 6.45) is 3.76. The van der Waals surface area contributed by atoms with E-state index in [0.717, 1.165) is 12.1 Å². The summed E-state index contributed by atoms with van der Waals surface area (Å²) in [6, 6.07) is 0.180. The van der Waals surface area contributed by atoms with E-state index in [9.17, 15) is 5.11 Å². The Bertz CT molecular complexity index is 419. The molecule has 1 aliphatic heterocycles. The van der Waals surface area contributed by atoms with Gasteiger partial charge in [-0.2, -0.15) is 5.10 Å². The second-order valence-electron chi connectivity index (χ2n) is 5.27. The molecule has 0 saturated carbocycles. The fraction of sp³-hybridized carbons (Fsp3) is 0.769. The quantitative estimate of drug-likeness (QED) is 0.920. The Balaban J connectivity index is 2.37.